The van der Waals surface area contributed by atoms with Crippen molar-refractivity contribution in [3.63, 3.8) is 0 Å². The van der Waals surface area contributed by atoms with E-state index in [0.29, 0.717) is 0 Å². The Kier molecular flexibility index (Phi) is 9.45. The lowest BCUT2D eigenvalue weighted by Gasteiger charge is -2.39. The minimum absolute atomic E-state index is 0.130. The van der Waals surface area contributed by atoms with E-state index in [1.54, 1.807) is 0 Å². The zero-order valence-electron chi connectivity index (χ0n) is 24.5. The monoisotopic (exact) mass is 586 g/mol. The fourth-order valence-electron chi connectivity index (χ4n) is 6.87. The minimum atomic E-state index is -0.408. The van der Waals surface area contributed by atoms with Gasteiger partial charge in [-0.3, -0.25) is 9.69 Å². The second-order valence-electron chi connectivity index (χ2n) is 12.1. The van der Waals surface area contributed by atoms with Gasteiger partial charge < -0.3 is 20.3 Å². The maximum Gasteiger partial charge on any atom is 0.239 e. The molecule has 7 heteroatoms. The number of piperazine rings is 1. The number of benzene rings is 3. The highest BCUT2D eigenvalue weighted by atomic mass is 35.5. The molecule has 3 aromatic rings. The summed E-state index contributed by atoms with van der Waals surface area (Å²) in [6.07, 6.45) is 5.06. The highest BCUT2D eigenvalue weighted by Gasteiger charge is 2.33. The molecular weight excluding hydrogens is 544 g/mol. The van der Waals surface area contributed by atoms with Crippen LogP contribution in [0.4, 0.5) is 0 Å². The molecule has 3 aromatic carbocycles. The van der Waals surface area contributed by atoms with Gasteiger partial charge in [0.15, 0.2) is 0 Å². The van der Waals surface area contributed by atoms with Crippen molar-refractivity contribution in [1.82, 2.24) is 14.7 Å². The number of amides is 1. The average Bonchev–Trinajstić information content (AvgIpc) is 3.04. The summed E-state index contributed by atoms with van der Waals surface area (Å²) >= 11 is 6.37. The smallest absolute Gasteiger partial charge is 0.239 e. The summed E-state index contributed by atoms with van der Waals surface area (Å²) in [5.74, 6) is 1.42. The topological polar surface area (TPSA) is 62.0 Å². The van der Waals surface area contributed by atoms with Gasteiger partial charge in [0.05, 0.1) is 12.6 Å². The highest BCUT2D eigenvalue weighted by molar-refractivity contribution is 6.30. The highest BCUT2D eigenvalue weighted by Crippen LogP contribution is 2.30. The summed E-state index contributed by atoms with van der Waals surface area (Å²) in [6, 6.07) is 22.7. The van der Waals surface area contributed by atoms with Crippen molar-refractivity contribution in [2.45, 2.75) is 44.7 Å². The quantitative estimate of drug-likeness (QED) is 0.390. The molecule has 1 atom stereocenters. The Morgan fingerprint density at radius 3 is 2.48 bits per heavy atom. The molecule has 0 saturated carbocycles. The van der Waals surface area contributed by atoms with E-state index < -0.39 is 6.04 Å². The molecule has 0 aromatic heterocycles. The van der Waals surface area contributed by atoms with Crippen LogP contribution in [0, 0.1) is 5.92 Å². The van der Waals surface area contributed by atoms with Crippen molar-refractivity contribution < 1.29 is 9.53 Å². The van der Waals surface area contributed by atoms with Gasteiger partial charge in [-0.1, -0.05) is 60.1 Å². The van der Waals surface area contributed by atoms with E-state index in [0.717, 1.165) is 102 Å². The lowest BCUT2D eigenvalue weighted by molar-refractivity contribution is -0.136. The lowest BCUT2D eigenvalue weighted by atomic mass is 9.88. The van der Waals surface area contributed by atoms with Gasteiger partial charge in [0.1, 0.15) is 5.75 Å². The van der Waals surface area contributed by atoms with Gasteiger partial charge in [0, 0.05) is 44.3 Å². The van der Waals surface area contributed by atoms with Crippen LogP contribution < -0.4 is 10.5 Å². The number of piperidine rings is 1. The molecule has 1 amide bonds. The van der Waals surface area contributed by atoms with E-state index in [9.17, 15) is 4.79 Å². The van der Waals surface area contributed by atoms with Crippen molar-refractivity contribution >= 4 is 17.5 Å². The van der Waals surface area contributed by atoms with Gasteiger partial charge in [-0.05, 0) is 97.1 Å². The van der Waals surface area contributed by atoms with Gasteiger partial charge >= 0.3 is 0 Å². The molecule has 0 bridgehead atoms. The summed E-state index contributed by atoms with van der Waals surface area (Å²) in [6.45, 7) is 7.94. The van der Waals surface area contributed by atoms with Crippen molar-refractivity contribution in [1.29, 1.82) is 0 Å². The van der Waals surface area contributed by atoms with Crippen molar-refractivity contribution in [2.24, 2.45) is 11.7 Å². The number of rotatable bonds is 8. The van der Waals surface area contributed by atoms with Crippen molar-refractivity contribution in [3.8, 4) is 16.9 Å². The molecule has 0 radical (unpaired) electrons. The molecule has 42 heavy (non-hydrogen) atoms. The van der Waals surface area contributed by atoms with Crippen LogP contribution in [0.25, 0.3) is 11.1 Å². The van der Waals surface area contributed by atoms with Gasteiger partial charge in [-0.2, -0.15) is 0 Å². The first-order valence-electron chi connectivity index (χ1n) is 15.6. The second-order valence-corrected chi connectivity index (χ2v) is 12.5. The van der Waals surface area contributed by atoms with Gasteiger partial charge in [-0.25, -0.2) is 0 Å². The predicted molar refractivity (Wildman–Crippen MR) is 170 cm³/mol. The summed E-state index contributed by atoms with van der Waals surface area (Å²) in [7, 11) is 0. The standard InChI is InChI=1S/C35H43ClN4O2/c36-30-11-12-31(26-6-2-1-3-7-26)28(24-30)15-18-38-16-13-27(14-17-38)34(37)35(41)40-21-19-39(20-22-40)25-29-8-4-10-33-32(29)9-5-23-42-33/h1-4,6-8,10-12,24,27,34H,5,9,13-23,25,37H2/t34-/m1/s1. The number of nitrogens with two attached hydrogens (primary N) is 1. The van der Waals surface area contributed by atoms with Crippen molar-refractivity contribution in [2.75, 3.05) is 52.4 Å². The molecule has 2 saturated heterocycles. The van der Waals surface area contributed by atoms with E-state index in [1.807, 2.05) is 17.0 Å². The van der Waals surface area contributed by atoms with Crippen LogP contribution >= 0.6 is 11.6 Å². The number of carbonyl (C=O) groups excluding carboxylic acids is 1. The van der Waals surface area contributed by atoms with Crippen LogP contribution in [0.15, 0.2) is 66.7 Å². The van der Waals surface area contributed by atoms with E-state index in [2.05, 4.69) is 64.4 Å². The fourth-order valence-corrected chi connectivity index (χ4v) is 7.07. The normalized spacial score (nSPS) is 19.2. The van der Waals surface area contributed by atoms with Gasteiger partial charge in [0.2, 0.25) is 5.91 Å². The second kappa shape index (κ2) is 13.6. The maximum absolute atomic E-state index is 13.4. The molecule has 3 heterocycles. The third-order valence-corrected chi connectivity index (χ3v) is 9.65. The number of fused-ring (bicyclic) bond motifs is 1. The summed E-state index contributed by atoms with van der Waals surface area (Å²) < 4.78 is 5.86. The van der Waals surface area contributed by atoms with Gasteiger partial charge in [-0.15, -0.1) is 0 Å². The zero-order chi connectivity index (χ0) is 28.9. The lowest BCUT2D eigenvalue weighted by Crippen LogP contribution is -2.55. The third kappa shape index (κ3) is 6.84. The molecule has 3 aliphatic rings. The number of hydrogen-bond donors (Lipinski definition) is 1. The fraction of sp³-hybridized carbons (Fsp3) is 0.457. The number of halogens is 1. The Morgan fingerprint density at radius 2 is 1.69 bits per heavy atom. The van der Waals surface area contributed by atoms with Gasteiger partial charge in [0.25, 0.3) is 0 Å². The minimum Gasteiger partial charge on any atom is -0.493 e. The molecule has 3 aliphatic heterocycles. The molecule has 2 N–H and O–H groups in total. The van der Waals surface area contributed by atoms with Crippen molar-refractivity contribution in [3.05, 3.63) is 88.4 Å². The predicted octanol–water partition coefficient (Wildman–Crippen LogP) is 5.26. The van der Waals surface area contributed by atoms with Crippen LogP contribution in [0.3, 0.4) is 0 Å². The Morgan fingerprint density at radius 1 is 0.905 bits per heavy atom. The number of hydrogen-bond acceptors (Lipinski definition) is 5. The third-order valence-electron chi connectivity index (χ3n) is 9.41. The Bertz CT molecular complexity index is 1350. The number of likely N-dealkylation sites (tertiary alicyclic amines) is 1. The Balaban J connectivity index is 0.962. The van der Waals surface area contributed by atoms with Crippen LogP contribution in [0.1, 0.15) is 36.0 Å². The molecule has 0 aliphatic carbocycles. The van der Waals surface area contributed by atoms with Crippen LogP contribution in [-0.4, -0.2) is 79.1 Å². The molecule has 0 unspecified atom stereocenters. The average molecular weight is 587 g/mol. The largest absolute Gasteiger partial charge is 0.493 e. The first kappa shape index (κ1) is 29.2. The molecule has 6 rings (SSSR count). The molecule has 0 spiro atoms. The molecule has 6 nitrogen and oxygen atoms in total. The summed E-state index contributed by atoms with van der Waals surface area (Å²) in [5, 5.41) is 0.780. The molecule has 222 valence electrons. The summed E-state index contributed by atoms with van der Waals surface area (Å²) in [5.41, 5.74) is 13.1. The zero-order valence-corrected chi connectivity index (χ0v) is 25.3. The number of nitrogens with zero attached hydrogens (tertiary/aromatic N) is 3. The van der Waals surface area contributed by atoms with E-state index in [-0.39, 0.29) is 11.8 Å². The molecule has 2 fully saturated rings. The van der Waals surface area contributed by atoms with Crippen LogP contribution in [0.2, 0.25) is 5.02 Å². The SMILES string of the molecule is N[C@@H](C(=O)N1CCN(Cc2cccc3c2CCCO3)CC1)C1CCN(CCc2cc(Cl)ccc2-c2ccccc2)CC1. The first-order chi connectivity index (χ1) is 20.5. The Hall–Kier alpha value is -2.90. The maximum atomic E-state index is 13.4. The number of carbonyl (C=O) groups is 1. The van der Waals surface area contributed by atoms with E-state index in [4.69, 9.17) is 22.1 Å². The van der Waals surface area contributed by atoms with Crippen LogP contribution in [0.5, 0.6) is 5.75 Å². The summed E-state index contributed by atoms with van der Waals surface area (Å²) in [4.78, 5) is 20.4. The van der Waals surface area contributed by atoms with Crippen LogP contribution in [-0.2, 0) is 24.2 Å². The molecular formula is C35H43ClN4O2. The number of ether oxygens (including phenoxy) is 1. The Labute approximate surface area is 255 Å². The van der Waals surface area contributed by atoms with E-state index >= 15 is 0 Å². The first-order valence-corrected chi connectivity index (χ1v) is 16.0. The van der Waals surface area contributed by atoms with E-state index in [1.165, 1.54) is 27.8 Å².